The minimum absolute atomic E-state index is 0.0222. The molecule has 5 heteroatoms. The van der Waals surface area contributed by atoms with Crippen LogP contribution in [0.3, 0.4) is 0 Å². The number of aryl methyl sites for hydroxylation is 1. The van der Waals surface area contributed by atoms with Crippen LogP contribution in [0.5, 0.6) is 0 Å². The number of nitrogens with zero attached hydrogens (tertiary/aromatic N) is 2. The van der Waals surface area contributed by atoms with Crippen LogP contribution in [0.25, 0.3) is 42.4 Å². The van der Waals surface area contributed by atoms with Gasteiger partial charge in [0.2, 0.25) is 0 Å². The van der Waals surface area contributed by atoms with E-state index in [9.17, 15) is 0 Å². The second kappa shape index (κ2) is 13.6. The summed E-state index contributed by atoms with van der Waals surface area (Å²) in [5, 5.41) is 7.01. The van der Waals surface area contributed by atoms with Gasteiger partial charge in [-0.1, -0.05) is 126 Å². The molecule has 0 fully saturated rings. The SMILES string of the molecule is Cc1cc2c3c(c1)N(c1cc4sccc4cc1-c1ccccc1)c1ccc(C(C)(C)C)cc1B3c1cc(C(C)(C)C)ccc1N2c1cc2sccc2cc1-c1ccccc1. The minimum atomic E-state index is -0.0290. The molecular formula is C55H47BN2S2. The van der Waals surface area contributed by atoms with Gasteiger partial charge < -0.3 is 9.80 Å². The van der Waals surface area contributed by atoms with Gasteiger partial charge in [0.1, 0.15) is 0 Å². The summed E-state index contributed by atoms with van der Waals surface area (Å²) < 4.78 is 2.58. The fourth-order valence-corrected chi connectivity index (χ4v) is 11.3. The lowest BCUT2D eigenvalue weighted by molar-refractivity contribution is 0.590. The van der Waals surface area contributed by atoms with E-state index in [2.05, 4.69) is 215 Å². The number of hydrogen-bond donors (Lipinski definition) is 0. The Kier molecular flexibility index (Phi) is 8.40. The predicted molar refractivity (Wildman–Crippen MR) is 264 cm³/mol. The summed E-state index contributed by atoms with van der Waals surface area (Å²) in [4.78, 5) is 5.23. The molecule has 0 saturated carbocycles. The predicted octanol–water partition coefficient (Wildman–Crippen LogP) is 14.4. The van der Waals surface area contributed by atoms with E-state index < -0.39 is 0 Å². The highest BCUT2D eigenvalue weighted by Gasteiger charge is 2.45. The van der Waals surface area contributed by atoms with Crippen molar-refractivity contribution < 1.29 is 0 Å². The quantitative estimate of drug-likeness (QED) is 0.163. The molecule has 0 bridgehead atoms. The van der Waals surface area contributed by atoms with Crippen molar-refractivity contribution in [3.8, 4) is 22.3 Å². The zero-order chi connectivity index (χ0) is 41.1. The van der Waals surface area contributed by atoms with E-state index in [1.54, 1.807) is 0 Å². The number of rotatable bonds is 4. The molecule has 9 aromatic rings. The van der Waals surface area contributed by atoms with Crippen LogP contribution in [-0.2, 0) is 10.8 Å². The van der Waals surface area contributed by atoms with Crippen LogP contribution in [0.2, 0.25) is 0 Å². The van der Waals surface area contributed by atoms with E-state index in [1.165, 1.54) is 110 Å². The molecule has 0 N–H and O–H groups in total. The van der Waals surface area contributed by atoms with Crippen molar-refractivity contribution in [2.75, 3.05) is 9.80 Å². The third-order valence-electron chi connectivity index (χ3n) is 12.7. The van der Waals surface area contributed by atoms with Gasteiger partial charge in [-0.2, -0.15) is 0 Å². The van der Waals surface area contributed by atoms with Crippen molar-refractivity contribution in [1.82, 2.24) is 0 Å². The molecule has 4 heterocycles. The Labute approximate surface area is 362 Å². The molecule has 2 nitrogen and oxygen atoms in total. The van der Waals surface area contributed by atoms with Crippen LogP contribution >= 0.6 is 22.7 Å². The van der Waals surface area contributed by atoms with E-state index >= 15 is 0 Å². The molecule has 2 aliphatic heterocycles. The highest BCUT2D eigenvalue weighted by molar-refractivity contribution is 7.17. The lowest BCUT2D eigenvalue weighted by Gasteiger charge is -2.45. The lowest BCUT2D eigenvalue weighted by Crippen LogP contribution is -2.61. The summed E-state index contributed by atoms with van der Waals surface area (Å²) in [5.74, 6) is 0. The zero-order valence-corrected chi connectivity index (χ0v) is 36.9. The van der Waals surface area contributed by atoms with Gasteiger partial charge in [-0.15, -0.1) is 22.7 Å². The molecule has 2 aromatic heterocycles. The Hall–Kier alpha value is -5.88. The third-order valence-corrected chi connectivity index (χ3v) is 14.5. The van der Waals surface area contributed by atoms with Gasteiger partial charge in [-0.05, 0) is 144 Å². The maximum Gasteiger partial charge on any atom is 0.252 e. The van der Waals surface area contributed by atoms with Gasteiger partial charge in [0, 0.05) is 43.3 Å². The summed E-state index contributed by atoms with van der Waals surface area (Å²) in [6.45, 7) is 16.4. The first-order valence-corrected chi connectivity index (χ1v) is 22.9. The van der Waals surface area contributed by atoms with Gasteiger partial charge in [0.15, 0.2) is 0 Å². The van der Waals surface area contributed by atoms with Gasteiger partial charge >= 0.3 is 0 Å². The summed E-state index contributed by atoms with van der Waals surface area (Å²) in [6.07, 6.45) is 0. The highest BCUT2D eigenvalue weighted by Crippen LogP contribution is 2.50. The molecule has 0 amide bonds. The average molecular weight is 811 g/mol. The summed E-state index contributed by atoms with van der Waals surface area (Å²) in [5.41, 5.74) is 20.2. The first-order chi connectivity index (χ1) is 28.9. The van der Waals surface area contributed by atoms with Gasteiger partial charge in [0.05, 0.1) is 11.4 Å². The summed E-state index contributed by atoms with van der Waals surface area (Å²) in [7, 11) is 0. The second-order valence-corrected chi connectivity index (χ2v) is 20.7. The Bertz CT molecular complexity index is 2940. The van der Waals surface area contributed by atoms with Crippen LogP contribution in [-0.4, -0.2) is 6.71 Å². The topological polar surface area (TPSA) is 6.48 Å². The first kappa shape index (κ1) is 37.1. The normalized spacial score (nSPS) is 13.5. The maximum absolute atomic E-state index is 2.61. The molecule has 2 aliphatic rings. The number of thiophene rings is 2. The minimum Gasteiger partial charge on any atom is -0.311 e. The third kappa shape index (κ3) is 5.89. The molecule has 0 unspecified atom stereocenters. The summed E-state index contributed by atoms with van der Waals surface area (Å²) >= 11 is 3.64. The number of anilines is 6. The maximum atomic E-state index is 2.61. The van der Waals surface area contributed by atoms with Crippen LogP contribution in [0.1, 0.15) is 58.2 Å². The van der Waals surface area contributed by atoms with Crippen LogP contribution < -0.4 is 26.2 Å². The molecule has 0 aliphatic carbocycles. The fraction of sp³-hybridized carbons (Fsp3) is 0.164. The van der Waals surface area contributed by atoms with E-state index in [0.717, 1.165) is 0 Å². The summed E-state index contributed by atoms with van der Waals surface area (Å²) in [6, 6.07) is 55.8. The molecular weight excluding hydrogens is 764 g/mol. The highest BCUT2D eigenvalue weighted by atomic mass is 32.1. The number of benzene rings is 7. The molecule has 292 valence electrons. The van der Waals surface area contributed by atoms with Crippen molar-refractivity contribution in [1.29, 1.82) is 0 Å². The molecule has 0 spiro atoms. The molecule has 60 heavy (non-hydrogen) atoms. The molecule has 0 saturated heterocycles. The van der Waals surface area contributed by atoms with Gasteiger partial charge in [-0.3, -0.25) is 0 Å². The Balaban J connectivity index is 1.28. The van der Waals surface area contributed by atoms with Crippen molar-refractivity contribution >= 4 is 100 Å². The Morgan fingerprint density at radius 2 is 0.867 bits per heavy atom. The van der Waals surface area contributed by atoms with E-state index in [1.807, 2.05) is 22.7 Å². The van der Waals surface area contributed by atoms with Crippen molar-refractivity contribution in [2.24, 2.45) is 0 Å². The van der Waals surface area contributed by atoms with Crippen LogP contribution in [0.4, 0.5) is 34.1 Å². The van der Waals surface area contributed by atoms with Crippen LogP contribution in [0, 0.1) is 6.92 Å². The van der Waals surface area contributed by atoms with E-state index in [0.29, 0.717) is 0 Å². The zero-order valence-electron chi connectivity index (χ0n) is 35.3. The average Bonchev–Trinajstić information content (AvgIpc) is 3.91. The van der Waals surface area contributed by atoms with E-state index in [4.69, 9.17) is 0 Å². The van der Waals surface area contributed by atoms with E-state index in [-0.39, 0.29) is 17.5 Å². The largest absolute Gasteiger partial charge is 0.311 e. The number of fused-ring (bicyclic) bond motifs is 6. The second-order valence-electron chi connectivity index (χ2n) is 18.8. The lowest BCUT2D eigenvalue weighted by atomic mass is 9.33. The Morgan fingerprint density at radius 1 is 0.433 bits per heavy atom. The standard InChI is InChI=1S/C55H47BN2S2/c1-34-26-49-53-50(27-34)58(48-33-52-38(23-25-60-52)29-42(48)36-16-12-9-13-17-36)46-21-19-40(55(5,6)7)31-44(46)56(53)43-30-39(54(2,3)4)18-20-45(43)57(49)47-32-51-37(22-24-59-51)28-41(47)35-14-10-8-11-15-35/h8-33H,1-7H3. The van der Waals surface area contributed by atoms with Gasteiger partial charge in [-0.25, -0.2) is 0 Å². The Morgan fingerprint density at radius 3 is 1.28 bits per heavy atom. The van der Waals surface area contributed by atoms with Crippen molar-refractivity contribution in [3.63, 3.8) is 0 Å². The molecule has 0 atom stereocenters. The van der Waals surface area contributed by atoms with Gasteiger partial charge in [0.25, 0.3) is 6.71 Å². The van der Waals surface area contributed by atoms with Crippen molar-refractivity contribution in [3.05, 3.63) is 173 Å². The molecule has 11 rings (SSSR count). The first-order valence-electron chi connectivity index (χ1n) is 21.1. The fourth-order valence-electron chi connectivity index (χ4n) is 9.66. The monoisotopic (exact) mass is 810 g/mol. The molecule has 0 radical (unpaired) electrons. The number of hydrogen-bond acceptors (Lipinski definition) is 4. The van der Waals surface area contributed by atoms with Crippen molar-refractivity contribution in [2.45, 2.75) is 59.3 Å². The smallest absolute Gasteiger partial charge is 0.252 e. The van der Waals surface area contributed by atoms with Crippen LogP contribution in [0.15, 0.2) is 156 Å². The molecule has 7 aromatic carbocycles.